The van der Waals surface area contributed by atoms with Gasteiger partial charge in [0.25, 0.3) is 0 Å². The summed E-state index contributed by atoms with van der Waals surface area (Å²) in [6.07, 6.45) is 3.54. The Morgan fingerprint density at radius 2 is 1.53 bits per heavy atom. The molecule has 1 unspecified atom stereocenters. The van der Waals surface area contributed by atoms with Gasteiger partial charge < -0.3 is 4.74 Å². The highest BCUT2D eigenvalue weighted by Crippen LogP contribution is 2.36. The molecule has 4 heteroatoms. The normalized spacial score (nSPS) is 13.0. The summed E-state index contributed by atoms with van der Waals surface area (Å²) in [4.78, 5) is 22.3. The zero-order chi connectivity index (χ0) is 23.5. The molecule has 1 heterocycles. The lowest BCUT2D eigenvalue weighted by molar-refractivity contribution is -0.149. The van der Waals surface area contributed by atoms with Gasteiger partial charge in [0.2, 0.25) is 0 Å². The number of rotatable bonds is 5. The smallest absolute Gasteiger partial charge is 0.314 e. The van der Waals surface area contributed by atoms with Gasteiger partial charge >= 0.3 is 5.97 Å². The number of esters is 1. The predicted molar refractivity (Wildman–Crippen MR) is 129 cm³/mol. The zero-order valence-corrected chi connectivity index (χ0v) is 20.3. The number of carbonyl (C=O) groups excluding carboxylic acids is 1. The van der Waals surface area contributed by atoms with Crippen LogP contribution in [0.25, 0.3) is 11.1 Å². The summed E-state index contributed by atoms with van der Waals surface area (Å²) in [5.74, 6) is 0.0545. The summed E-state index contributed by atoms with van der Waals surface area (Å²) >= 11 is 0. The fraction of sp³-hybridized carbons (Fsp3) is 0.393. The monoisotopic (exact) mass is 430 g/mol. The molecule has 0 amide bonds. The van der Waals surface area contributed by atoms with Gasteiger partial charge in [0.15, 0.2) is 0 Å². The topological polar surface area (TPSA) is 52.1 Å². The van der Waals surface area contributed by atoms with E-state index in [2.05, 4.69) is 55.9 Å². The van der Waals surface area contributed by atoms with Crippen molar-refractivity contribution in [2.75, 3.05) is 0 Å². The lowest BCUT2D eigenvalue weighted by Crippen LogP contribution is -2.29. The van der Waals surface area contributed by atoms with Crippen molar-refractivity contribution >= 4 is 5.97 Å². The average Bonchev–Trinajstić information content (AvgIpc) is 2.72. The van der Waals surface area contributed by atoms with Crippen LogP contribution in [0.3, 0.4) is 0 Å². The lowest BCUT2D eigenvalue weighted by atomic mass is 9.77. The van der Waals surface area contributed by atoms with Crippen LogP contribution in [0.1, 0.15) is 70.0 Å². The standard InChI is InChI=1S/C28H34N2O2/c1-19-21(14-11-15-23(19)20-12-9-8-10-13-20)18-32-25(31)24(27(2,3)4)22-16-29-26(30-17-22)28(5,6)7/h8-17,24H,18H2,1-7H3. The number of hydrogen-bond donors (Lipinski definition) is 0. The molecule has 32 heavy (non-hydrogen) atoms. The van der Waals surface area contributed by atoms with Gasteiger partial charge in [-0.1, -0.05) is 90.1 Å². The molecule has 0 aliphatic carbocycles. The Kier molecular flexibility index (Phi) is 6.82. The SMILES string of the molecule is Cc1c(COC(=O)C(c2cnc(C(C)(C)C)nc2)C(C)(C)C)cccc1-c1ccccc1. The summed E-state index contributed by atoms with van der Waals surface area (Å²) in [5, 5.41) is 0. The third-order valence-electron chi connectivity index (χ3n) is 5.68. The van der Waals surface area contributed by atoms with Crippen molar-refractivity contribution in [2.45, 2.75) is 66.4 Å². The quantitative estimate of drug-likeness (QED) is 0.427. The maximum atomic E-state index is 13.2. The molecule has 3 aromatic rings. The maximum Gasteiger partial charge on any atom is 0.314 e. The molecule has 1 aromatic heterocycles. The third kappa shape index (κ3) is 5.42. The first-order valence-corrected chi connectivity index (χ1v) is 11.1. The van der Waals surface area contributed by atoms with Crippen LogP contribution in [0.15, 0.2) is 60.9 Å². The van der Waals surface area contributed by atoms with E-state index >= 15 is 0 Å². The highest BCUT2D eigenvalue weighted by molar-refractivity contribution is 5.79. The van der Waals surface area contributed by atoms with E-state index < -0.39 is 5.92 Å². The van der Waals surface area contributed by atoms with Gasteiger partial charge in [-0.25, -0.2) is 9.97 Å². The molecule has 0 radical (unpaired) electrons. The van der Waals surface area contributed by atoms with Crippen molar-refractivity contribution < 1.29 is 9.53 Å². The van der Waals surface area contributed by atoms with Gasteiger partial charge in [-0.2, -0.15) is 0 Å². The molecule has 1 atom stereocenters. The van der Waals surface area contributed by atoms with E-state index in [-0.39, 0.29) is 23.4 Å². The molecule has 168 valence electrons. The van der Waals surface area contributed by atoms with Crippen LogP contribution in [0.2, 0.25) is 0 Å². The second-order valence-corrected chi connectivity index (χ2v) is 10.5. The van der Waals surface area contributed by atoms with Gasteiger partial charge in [-0.05, 0) is 34.6 Å². The van der Waals surface area contributed by atoms with E-state index in [9.17, 15) is 4.79 Å². The highest BCUT2D eigenvalue weighted by Gasteiger charge is 2.35. The van der Waals surface area contributed by atoms with Crippen molar-refractivity contribution in [3.63, 3.8) is 0 Å². The highest BCUT2D eigenvalue weighted by atomic mass is 16.5. The number of carbonyl (C=O) groups is 1. The van der Waals surface area contributed by atoms with Gasteiger partial charge in [0.1, 0.15) is 12.4 Å². The predicted octanol–water partition coefficient (Wildman–Crippen LogP) is 6.62. The fourth-order valence-corrected chi connectivity index (χ4v) is 3.87. The average molecular weight is 431 g/mol. The molecule has 0 spiro atoms. The molecule has 0 bridgehead atoms. The minimum absolute atomic E-state index is 0.141. The van der Waals surface area contributed by atoms with Crippen LogP contribution in [0, 0.1) is 12.3 Å². The number of nitrogens with zero attached hydrogens (tertiary/aromatic N) is 2. The summed E-state index contributed by atoms with van der Waals surface area (Å²) in [6.45, 7) is 14.6. The van der Waals surface area contributed by atoms with Crippen molar-refractivity contribution in [3.05, 3.63) is 83.4 Å². The molecule has 0 fully saturated rings. The molecule has 0 saturated heterocycles. The number of hydrogen-bond acceptors (Lipinski definition) is 4. The first-order chi connectivity index (χ1) is 15.0. The minimum atomic E-state index is -0.450. The van der Waals surface area contributed by atoms with E-state index in [0.717, 1.165) is 33.6 Å². The molecule has 0 aliphatic heterocycles. The van der Waals surface area contributed by atoms with Crippen molar-refractivity contribution in [1.29, 1.82) is 0 Å². The van der Waals surface area contributed by atoms with Crippen molar-refractivity contribution in [3.8, 4) is 11.1 Å². The maximum absolute atomic E-state index is 13.2. The Labute approximate surface area is 192 Å². The summed E-state index contributed by atoms with van der Waals surface area (Å²) in [7, 11) is 0. The van der Waals surface area contributed by atoms with Crippen molar-refractivity contribution in [1.82, 2.24) is 9.97 Å². The Hall–Kier alpha value is -3.01. The lowest BCUT2D eigenvalue weighted by Gasteiger charge is -2.29. The first-order valence-electron chi connectivity index (χ1n) is 11.1. The van der Waals surface area contributed by atoms with Crippen molar-refractivity contribution in [2.24, 2.45) is 5.41 Å². The van der Waals surface area contributed by atoms with E-state index in [1.165, 1.54) is 0 Å². The van der Waals surface area contributed by atoms with E-state index in [0.29, 0.717) is 0 Å². The zero-order valence-electron chi connectivity index (χ0n) is 20.3. The molecule has 4 nitrogen and oxygen atoms in total. The Balaban J connectivity index is 1.81. The third-order valence-corrected chi connectivity index (χ3v) is 5.68. The van der Waals surface area contributed by atoms with Crippen LogP contribution >= 0.6 is 0 Å². The minimum Gasteiger partial charge on any atom is -0.460 e. The second-order valence-electron chi connectivity index (χ2n) is 10.5. The number of benzene rings is 2. The Bertz CT molecular complexity index is 1060. The van der Waals surface area contributed by atoms with Crippen LogP contribution in [0.4, 0.5) is 0 Å². The molecule has 2 aromatic carbocycles. The first kappa shape index (κ1) is 23.6. The van der Waals surface area contributed by atoms with Gasteiger partial charge in [0.05, 0.1) is 5.92 Å². The van der Waals surface area contributed by atoms with E-state index in [1.54, 1.807) is 12.4 Å². The largest absolute Gasteiger partial charge is 0.460 e. The molecule has 0 saturated carbocycles. The number of ether oxygens (including phenoxy) is 1. The molecule has 0 aliphatic rings. The van der Waals surface area contributed by atoms with E-state index in [1.807, 2.05) is 51.1 Å². The molecule has 0 N–H and O–H groups in total. The Morgan fingerprint density at radius 3 is 2.09 bits per heavy atom. The Morgan fingerprint density at radius 1 is 0.906 bits per heavy atom. The van der Waals surface area contributed by atoms with Gasteiger partial charge in [0, 0.05) is 23.4 Å². The van der Waals surface area contributed by atoms with Crippen LogP contribution in [-0.4, -0.2) is 15.9 Å². The number of aromatic nitrogens is 2. The fourth-order valence-electron chi connectivity index (χ4n) is 3.87. The molecule has 3 rings (SSSR count). The van der Waals surface area contributed by atoms with Gasteiger partial charge in [-0.15, -0.1) is 0 Å². The molecular formula is C28H34N2O2. The van der Waals surface area contributed by atoms with Crippen LogP contribution in [-0.2, 0) is 21.6 Å². The second kappa shape index (κ2) is 9.23. The summed E-state index contributed by atoms with van der Waals surface area (Å²) in [6, 6.07) is 16.4. The van der Waals surface area contributed by atoms with Gasteiger partial charge in [-0.3, -0.25) is 4.79 Å². The molecular weight excluding hydrogens is 396 g/mol. The van der Waals surface area contributed by atoms with Crippen LogP contribution in [0.5, 0.6) is 0 Å². The summed E-state index contributed by atoms with van der Waals surface area (Å²) in [5.41, 5.74) is 4.75. The summed E-state index contributed by atoms with van der Waals surface area (Å²) < 4.78 is 5.85. The van der Waals surface area contributed by atoms with Crippen LogP contribution < -0.4 is 0 Å². The van der Waals surface area contributed by atoms with E-state index in [4.69, 9.17) is 4.74 Å².